The molecular weight excluding hydrogens is 654 g/mol. The number of amides is 2. The Morgan fingerprint density at radius 3 is 2.13 bits per heavy atom. The normalized spacial score (nSPS) is 11.9. The Labute approximate surface area is 274 Å². The maximum Gasteiger partial charge on any atom is 0.264 e. The van der Waals surface area contributed by atoms with Crippen LogP contribution < -0.4 is 14.4 Å². The molecule has 0 aliphatic heterocycles. The van der Waals surface area contributed by atoms with Crippen LogP contribution >= 0.6 is 15.9 Å². The minimum absolute atomic E-state index is 0.0367. The smallest absolute Gasteiger partial charge is 0.264 e. The summed E-state index contributed by atoms with van der Waals surface area (Å²) in [6.45, 7) is 3.97. The van der Waals surface area contributed by atoms with Crippen molar-refractivity contribution in [1.29, 1.82) is 0 Å². The van der Waals surface area contributed by atoms with Crippen LogP contribution in [-0.2, 0) is 32.6 Å². The highest BCUT2D eigenvalue weighted by molar-refractivity contribution is 9.10. The van der Waals surface area contributed by atoms with Crippen molar-refractivity contribution >= 4 is 43.5 Å². The highest BCUT2D eigenvalue weighted by atomic mass is 79.9. The van der Waals surface area contributed by atoms with E-state index in [0.29, 0.717) is 12.3 Å². The second kappa shape index (κ2) is 15.7. The van der Waals surface area contributed by atoms with E-state index in [9.17, 15) is 18.0 Å². The van der Waals surface area contributed by atoms with E-state index in [2.05, 4.69) is 21.2 Å². The van der Waals surface area contributed by atoms with Crippen LogP contribution in [0.3, 0.4) is 0 Å². The lowest BCUT2D eigenvalue weighted by molar-refractivity contribution is -0.140. The van der Waals surface area contributed by atoms with Gasteiger partial charge in [0, 0.05) is 30.0 Å². The molecule has 0 saturated heterocycles. The van der Waals surface area contributed by atoms with Crippen molar-refractivity contribution in [2.75, 3.05) is 24.5 Å². The van der Waals surface area contributed by atoms with Gasteiger partial charge in [0.15, 0.2) is 0 Å². The molecule has 1 atom stereocenters. The summed E-state index contributed by atoms with van der Waals surface area (Å²) < 4.78 is 35.5. The third-order valence-corrected chi connectivity index (χ3v) is 9.43. The number of hydrogen-bond acceptors (Lipinski definition) is 5. The Balaban J connectivity index is 1.80. The quantitative estimate of drug-likeness (QED) is 0.173. The predicted molar refractivity (Wildman–Crippen MR) is 180 cm³/mol. The van der Waals surface area contributed by atoms with Gasteiger partial charge in [-0.1, -0.05) is 96.5 Å². The van der Waals surface area contributed by atoms with Crippen LogP contribution in [0.1, 0.15) is 25.0 Å². The number of sulfonamides is 1. The van der Waals surface area contributed by atoms with Crippen LogP contribution in [0.2, 0.25) is 0 Å². The Hall–Kier alpha value is -4.15. The highest BCUT2D eigenvalue weighted by Gasteiger charge is 2.34. The van der Waals surface area contributed by atoms with Crippen molar-refractivity contribution in [3.8, 4) is 5.75 Å². The topological polar surface area (TPSA) is 96.0 Å². The Kier molecular flexibility index (Phi) is 11.8. The van der Waals surface area contributed by atoms with Gasteiger partial charge in [-0.05, 0) is 53.4 Å². The second-order valence-corrected chi connectivity index (χ2v) is 13.8. The Morgan fingerprint density at radius 1 is 0.844 bits per heavy atom. The minimum Gasteiger partial charge on any atom is -0.497 e. The number of nitrogens with zero attached hydrogens (tertiary/aromatic N) is 2. The molecule has 236 valence electrons. The van der Waals surface area contributed by atoms with Gasteiger partial charge in [-0.2, -0.15) is 0 Å². The van der Waals surface area contributed by atoms with Crippen LogP contribution in [-0.4, -0.2) is 51.4 Å². The molecular formula is C35H38BrN3O5S. The van der Waals surface area contributed by atoms with E-state index >= 15 is 0 Å². The first-order valence-corrected chi connectivity index (χ1v) is 16.9. The summed E-state index contributed by atoms with van der Waals surface area (Å²) in [5.41, 5.74) is 1.92. The Bertz CT molecular complexity index is 1680. The van der Waals surface area contributed by atoms with E-state index in [1.54, 1.807) is 42.5 Å². The largest absolute Gasteiger partial charge is 0.497 e. The van der Waals surface area contributed by atoms with E-state index < -0.39 is 28.5 Å². The van der Waals surface area contributed by atoms with Crippen molar-refractivity contribution in [1.82, 2.24) is 10.2 Å². The first-order valence-electron chi connectivity index (χ1n) is 14.7. The molecule has 4 aromatic rings. The number of ether oxygens (including phenoxy) is 1. The molecule has 4 aromatic carbocycles. The van der Waals surface area contributed by atoms with Gasteiger partial charge < -0.3 is 15.0 Å². The minimum atomic E-state index is -4.19. The number of halogens is 1. The third-order valence-electron chi connectivity index (χ3n) is 7.15. The van der Waals surface area contributed by atoms with Gasteiger partial charge in [0.2, 0.25) is 11.8 Å². The molecule has 45 heavy (non-hydrogen) atoms. The molecule has 0 spiro atoms. The molecule has 8 nitrogen and oxygen atoms in total. The van der Waals surface area contributed by atoms with Gasteiger partial charge in [-0.25, -0.2) is 8.42 Å². The van der Waals surface area contributed by atoms with E-state index in [4.69, 9.17) is 4.74 Å². The van der Waals surface area contributed by atoms with Crippen molar-refractivity contribution in [3.05, 3.63) is 125 Å². The van der Waals surface area contributed by atoms with Crippen molar-refractivity contribution in [2.24, 2.45) is 5.92 Å². The van der Waals surface area contributed by atoms with Crippen molar-refractivity contribution in [3.63, 3.8) is 0 Å². The van der Waals surface area contributed by atoms with Crippen LogP contribution in [0.4, 0.5) is 5.69 Å². The van der Waals surface area contributed by atoms with Crippen LogP contribution in [0.25, 0.3) is 0 Å². The summed E-state index contributed by atoms with van der Waals surface area (Å²) in [5, 5.41) is 3.00. The van der Waals surface area contributed by atoms with Crippen LogP contribution in [0.5, 0.6) is 5.75 Å². The van der Waals surface area contributed by atoms with Crippen molar-refractivity contribution < 1.29 is 22.7 Å². The van der Waals surface area contributed by atoms with E-state index in [0.717, 1.165) is 19.9 Å². The van der Waals surface area contributed by atoms with E-state index in [1.807, 2.05) is 68.4 Å². The van der Waals surface area contributed by atoms with Gasteiger partial charge in [0.05, 0.1) is 17.7 Å². The molecule has 0 bridgehead atoms. The third kappa shape index (κ3) is 9.18. The average Bonchev–Trinajstić information content (AvgIpc) is 3.04. The number of nitrogens with one attached hydrogen (secondary N) is 1. The molecule has 1 unspecified atom stereocenters. The Morgan fingerprint density at radius 2 is 1.49 bits per heavy atom. The summed E-state index contributed by atoms with van der Waals surface area (Å²) in [6.07, 6.45) is 0.245. The number of anilines is 1. The zero-order valence-corrected chi connectivity index (χ0v) is 28.0. The fourth-order valence-corrected chi connectivity index (χ4v) is 6.70. The summed E-state index contributed by atoms with van der Waals surface area (Å²) in [4.78, 5) is 29.9. The molecule has 0 radical (unpaired) electrons. The number of benzene rings is 4. The molecule has 4 rings (SSSR count). The highest BCUT2D eigenvalue weighted by Crippen LogP contribution is 2.28. The lowest BCUT2D eigenvalue weighted by atomic mass is 10.0. The molecule has 2 amide bonds. The van der Waals surface area contributed by atoms with Gasteiger partial charge in [0.25, 0.3) is 10.0 Å². The first-order chi connectivity index (χ1) is 21.6. The fraction of sp³-hybridized carbons (Fsp3) is 0.257. The summed E-state index contributed by atoms with van der Waals surface area (Å²) in [7, 11) is -2.70. The van der Waals surface area contributed by atoms with E-state index in [-0.39, 0.29) is 35.4 Å². The molecule has 10 heteroatoms. The maximum atomic E-state index is 14.5. The number of methoxy groups -OCH3 is 1. The summed E-state index contributed by atoms with van der Waals surface area (Å²) >= 11 is 3.50. The van der Waals surface area contributed by atoms with Gasteiger partial charge >= 0.3 is 0 Å². The van der Waals surface area contributed by atoms with Crippen LogP contribution in [0.15, 0.2) is 119 Å². The molecule has 0 aliphatic rings. The second-order valence-electron chi connectivity index (χ2n) is 11.0. The average molecular weight is 693 g/mol. The van der Waals surface area contributed by atoms with Gasteiger partial charge in [-0.15, -0.1) is 0 Å². The molecule has 0 aromatic heterocycles. The zero-order chi connectivity index (χ0) is 32.4. The standard InChI is InChI=1S/C35H38BrN3O5S/c1-26(2)23-37-35(41)33(21-27-12-6-4-7-13-27)38(24-28-14-10-15-29(36)20-28)34(40)25-39(30-16-11-17-31(22-30)44-3)45(42,43)32-18-8-5-9-19-32/h4-20,22,26,33H,21,23-25H2,1-3H3,(H,37,41). The lowest BCUT2D eigenvalue weighted by Gasteiger charge is -2.34. The van der Waals surface area contributed by atoms with Gasteiger partial charge in [0.1, 0.15) is 18.3 Å². The number of carbonyl (C=O) groups is 2. The summed E-state index contributed by atoms with van der Waals surface area (Å²) in [6, 6.07) is 30.6. The monoisotopic (exact) mass is 691 g/mol. The fourth-order valence-electron chi connectivity index (χ4n) is 4.82. The van der Waals surface area contributed by atoms with Crippen molar-refractivity contribution in [2.45, 2.75) is 37.8 Å². The maximum absolute atomic E-state index is 14.5. The summed E-state index contributed by atoms with van der Waals surface area (Å²) in [5.74, 6) is -0.206. The molecule has 0 saturated carbocycles. The number of hydrogen-bond donors (Lipinski definition) is 1. The first kappa shape index (κ1) is 33.7. The SMILES string of the molecule is COc1cccc(N(CC(=O)N(Cc2cccc(Br)c2)C(Cc2ccccc2)C(=O)NCC(C)C)S(=O)(=O)c2ccccc2)c1. The van der Waals surface area contributed by atoms with E-state index in [1.165, 1.54) is 24.1 Å². The lowest BCUT2D eigenvalue weighted by Crippen LogP contribution is -2.53. The predicted octanol–water partition coefficient (Wildman–Crippen LogP) is 6.07. The molecule has 0 fully saturated rings. The molecule has 1 N–H and O–H groups in total. The molecule has 0 aliphatic carbocycles. The van der Waals surface area contributed by atoms with Crippen LogP contribution in [0, 0.1) is 5.92 Å². The zero-order valence-electron chi connectivity index (χ0n) is 25.6. The number of rotatable bonds is 14. The molecule has 0 heterocycles. The number of carbonyl (C=O) groups excluding carboxylic acids is 2. The van der Waals surface area contributed by atoms with Gasteiger partial charge in [-0.3, -0.25) is 13.9 Å².